The zero-order valence-electron chi connectivity index (χ0n) is 14.6. The maximum atomic E-state index is 9.44. The van der Waals surface area contributed by atoms with Crippen molar-refractivity contribution in [1.82, 2.24) is 10.6 Å². The molecule has 2 saturated carbocycles. The molecule has 3 rings (SSSR count). The molecule has 3 N–H and O–H groups in total. The summed E-state index contributed by atoms with van der Waals surface area (Å²) in [7, 11) is 0. The van der Waals surface area contributed by atoms with Crippen LogP contribution in [0.25, 0.3) is 0 Å². The number of nitrogens with zero attached hydrogens (tertiary/aromatic N) is 1. The fourth-order valence-electron chi connectivity index (χ4n) is 2.61. The maximum Gasteiger partial charge on any atom is 0.191 e. The van der Waals surface area contributed by atoms with E-state index in [1.54, 1.807) is 0 Å². The molecule has 0 unspecified atom stereocenters. The van der Waals surface area contributed by atoms with Crippen LogP contribution in [0.1, 0.15) is 38.2 Å². The minimum absolute atomic E-state index is 0.0709. The fourth-order valence-corrected chi connectivity index (χ4v) is 2.61. The predicted octanol–water partition coefficient (Wildman–Crippen LogP) is 2.30. The summed E-state index contributed by atoms with van der Waals surface area (Å²) in [6.45, 7) is 5.30. The van der Waals surface area contributed by atoms with Crippen LogP contribution >= 0.6 is 0 Å². The molecule has 2 aliphatic rings. The van der Waals surface area contributed by atoms with Gasteiger partial charge in [0.15, 0.2) is 5.96 Å². The van der Waals surface area contributed by atoms with E-state index >= 15 is 0 Å². The molecule has 5 nitrogen and oxygen atoms in total. The highest BCUT2D eigenvalue weighted by molar-refractivity contribution is 5.79. The monoisotopic (exact) mass is 331 g/mol. The molecule has 0 radical (unpaired) electrons. The third kappa shape index (κ3) is 4.87. The third-order valence-corrected chi connectivity index (χ3v) is 4.82. The number of hydrogen-bond acceptors (Lipinski definition) is 3. The van der Waals surface area contributed by atoms with Crippen LogP contribution in [-0.4, -0.2) is 37.4 Å². The van der Waals surface area contributed by atoms with Gasteiger partial charge in [-0.25, -0.2) is 4.99 Å². The molecule has 0 atom stereocenters. The van der Waals surface area contributed by atoms with Gasteiger partial charge in [-0.15, -0.1) is 0 Å². The van der Waals surface area contributed by atoms with Crippen LogP contribution in [0.2, 0.25) is 0 Å². The van der Waals surface area contributed by atoms with E-state index in [0.717, 1.165) is 55.7 Å². The minimum Gasteiger partial charge on any atom is -0.493 e. The lowest BCUT2D eigenvalue weighted by Gasteiger charge is -2.16. The molecule has 0 aliphatic heterocycles. The molecule has 132 valence electrons. The van der Waals surface area contributed by atoms with Gasteiger partial charge >= 0.3 is 0 Å². The molecular formula is C19H29N3O2. The van der Waals surface area contributed by atoms with E-state index in [4.69, 9.17) is 4.74 Å². The Morgan fingerprint density at radius 1 is 1.29 bits per heavy atom. The van der Waals surface area contributed by atoms with Crippen molar-refractivity contribution in [2.75, 3.05) is 26.3 Å². The van der Waals surface area contributed by atoms with E-state index in [2.05, 4.69) is 28.6 Å². The van der Waals surface area contributed by atoms with Crippen molar-refractivity contribution in [1.29, 1.82) is 0 Å². The standard InChI is InChI=1S/C19H29N3O2/c1-2-20-18(22-13-19(14-23)9-10-19)21-11-16-5-3-4-6-17(16)24-12-15-7-8-15/h3-6,15,23H,2,7-14H2,1H3,(H2,20,21,22). The molecule has 0 heterocycles. The van der Waals surface area contributed by atoms with Gasteiger partial charge in [0.1, 0.15) is 5.75 Å². The van der Waals surface area contributed by atoms with Gasteiger partial charge in [-0.3, -0.25) is 0 Å². The number of aliphatic hydroxyl groups excluding tert-OH is 1. The Bertz CT molecular complexity index is 565. The molecule has 24 heavy (non-hydrogen) atoms. The van der Waals surface area contributed by atoms with Crippen molar-refractivity contribution in [3.8, 4) is 5.75 Å². The molecule has 0 saturated heterocycles. The van der Waals surface area contributed by atoms with Gasteiger partial charge in [0, 0.05) is 24.1 Å². The van der Waals surface area contributed by atoms with E-state index in [-0.39, 0.29) is 12.0 Å². The number of ether oxygens (including phenoxy) is 1. The summed E-state index contributed by atoms with van der Waals surface area (Å²) < 4.78 is 5.95. The van der Waals surface area contributed by atoms with Crippen LogP contribution in [0.15, 0.2) is 29.3 Å². The van der Waals surface area contributed by atoms with Crippen LogP contribution in [0.5, 0.6) is 5.75 Å². The Hall–Kier alpha value is -1.75. The Balaban J connectivity index is 1.58. The summed E-state index contributed by atoms with van der Waals surface area (Å²) in [5.74, 6) is 2.49. The summed E-state index contributed by atoms with van der Waals surface area (Å²) >= 11 is 0. The predicted molar refractivity (Wildman–Crippen MR) is 96.2 cm³/mol. The Morgan fingerprint density at radius 3 is 2.75 bits per heavy atom. The van der Waals surface area contributed by atoms with Crippen molar-refractivity contribution in [3.63, 3.8) is 0 Å². The van der Waals surface area contributed by atoms with Gasteiger partial charge in [-0.1, -0.05) is 18.2 Å². The van der Waals surface area contributed by atoms with Crippen molar-refractivity contribution in [2.45, 2.75) is 39.2 Å². The van der Waals surface area contributed by atoms with Crippen LogP contribution in [0, 0.1) is 11.3 Å². The second-order valence-electron chi connectivity index (χ2n) is 7.07. The zero-order valence-corrected chi connectivity index (χ0v) is 14.6. The van der Waals surface area contributed by atoms with E-state index in [9.17, 15) is 5.11 Å². The van der Waals surface area contributed by atoms with Crippen molar-refractivity contribution >= 4 is 5.96 Å². The molecule has 1 aromatic carbocycles. The summed E-state index contributed by atoms with van der Waals surface area (Å²) in [6.07, 6.45) is 4.77. The minimum atomic E-state index is 0.0709. The first-order chi connectivity index (χ1) is 11.7. The van der Waals surface area contributed by atoms with E-state index in [0.29, 0.717) is 6.54 Å². The highest BCUT2D eigenvalue weighted by atomic mass is 16.5. The molecule has 2 aliphatic carbocycles. The van der Waals surface area contributed by atoms with E-state index in [1.807, 2.05) is 18.2 Å². The van der Waals surface area contributed by atoms with Gasteiger partial charge in [0.05, 0.1) is 19.8 Å². The maximum absolute atomic E-state index is 9.44. The zero-order chi connectivity index (χ0) is 16.8. The van der Waals surface area contributed by atoms with E-state index < -0.39 is 0 Å². The molecule has 0 spiro atoms. The second kappa shape index (κ2) is 7.88. The molecule has 0 bridgehead atoms. The largest absolute Gasteiger partial charge is 0.493 e. The molecule has 1 aromatic rings. The average Bonchev–Trinajstić information content (AvgIpc) is 3.52. The third-order valence-electron chi connectivity index (χ3n) is 4.82. The van der Waals surface area contributed by atoms with Crippen LogP contribution in [0.4, 0.5) is 0 Å². The van der Waals surface area contributed by atoms with Crippen molar-refractivity contribution in [3.05, 3.63) is 29.8 Å². The van der Waals surface area contributed by atoms with Gasteiger partial charge in [0.2, 0.25) is 0 Å². The number of benzene rings is 1. The van der Waals surface area contributed by atoms with Crippen LogP contribution in [-0.2, 0) is 6.54 Å². The lowest BCUT2D eigenvalue weighted by Crippen LogP contribution is -2.41. The van der Waals surface area contributed by atoms with Crippen molar-refractivity contribution in [2.24, 2.45) is 16.3 Å². The lowest BCUT2D eigenvalue weighted by atomic mass is 10.1. The van der Waals surface area contributed by atoms with Gasteiger partial charge in [-0.2, -0.15) is 0 Å². The number of para-hydroxylation sites is 1. The molecule has 2 fully saturated rings. The molecule has 0 amide bonds. The Labute approximate surface area is 144 Å². The smallest absolute Gasteiger partial charge is 0.191 e. The summed E-state index contributed by atoms with van der Waals surface area (Å²) in [5, 5.41) is 16.1. The van der Waals surface area contributed by atoms with E-state index in [1.165, 1.54) is 12.8 Å². The summed E-state index contributed by atoms with van der Waals surface area (Å²) in [4.78, 5) is 4.69. The molecule has 5 heteroatoms. The highest BCUT2D eigenvalue weighted by Crippen LogP contribution is 2.44. The summed E-state index contributed by atoms with van der Waals surface area (Å²) in [6, 6.07) is 8.14. The quantitative estimate of drug-likeness (QED) is 0.480. The highest BCUT2D eigenvalue weighted by Gasteiger charge is 2.41. The number of nitrogens with one attached hydrogen (secondary N) is 2. The lowest BCUT2D eigenvalue weighted by molar-refractivity contribution is 0.212. The van der Waals surface area contributed by atoms with Crippen LogP contribution < -0.4 is 15.4 Å². The molecule has 0 aromatic heterocycles. The Morgan fingerprint density at radius 2 is 2.08 bits per heavy atom. The number of guanidine groups is 1. The Kier molecular flexibility index (Phi) is 5.61. The second-order valence-corrected chi connectivity index (χ2v) is 7.07. The number of aliphatic hydroxyl groups is 1. The van der Waals surface area contributed by atoms with Gasteiger partial charge < -0.3 is 20.5 Å². The first-order valence-corrected chi connectivity index (χ1v) is 9.08. The number of aliphatic imine (C=N–C) groups is 1. The first-order valence-electron chi connectivity index (χ1n) is 9.08. The topological polar surface area (TPSA) is 65.9 Å². The van der Waals surface area contributed by atoms with Crippen LogP contribution in [0.3, 0.4) is 0 Å². The van der Waals surface area contributed by atoms with Crippen molar-refractivity contribution < 1.29 is 9.84 Å². The van der Waals surface area contributed by atoms with Gasteiger partial charge in [0.25, 0.3) is 0 Å². The summed E-state index contributed by atoms with van der Waals surface area (Å²) in [5.41, 5.74) is 1.18. The number of hydrogen-bond donors (Lipinski definition) is 3. The first kappa shape index (κ1) is 17.1. The SMILES string of the molecule is CCNC(=NCc1ccccc1OCC1CC1)NCC1(CO)CC1. The fraction of sp³-hybridized carbons (Fsp3) is 0.632. The molecular weight excluding hydrogens is 302 g/mol. The normalized spacial score (nSPS) is 19.0. The number of rotatable bonds is 9. The van der Waals surface area contributed by atoms with Gasteiger partial charge in [-0.05, 0) is 44.6 Å². The average molecular weight is 331 g/mol.